The number of hydrogen-bond acceptors (Lipinski definition) is 2. The van der Waals surface area contributed by atoms with Crippen LogP contribution in [0.2, 0.25) is 0 Å². The molecule has 0 amide bonds. The van der Waals surface area contributed by atoms with Gasteiger partial charge in [0, 0.05) is 6.61 Å². The number of fused-ring (bicyclic) bond motifs is 1. The number of rotatable bonds is 1. The number of aryl methyl sites for hydroxylation is 1. The lowest BCUT2D eigenvalue weighted by molar-refractivity contribution is 0.0108. The van der Waals surface area contributed by atoms with E-state index in [2.05, 4.69) is 41.6 Å². The Morgan fingerprint density at radius 1 is 1.44 bits per heavy atom. The van der Waals surface area contributed by atoms with E-state index >= 15 is 0 Å². The van der Waals surface area contributed by atoms with Gasteiger partial charge in [0.25, 0.3) is 0 Å². The first-order valence-electron chi connectivity index (χ1n) is 6.40. The molecule has 1 aromatic carbocycles. The van der Waals surface area contributed by atoms with Gasteiger partial charge in [-0.1, -0.05) is 6.07 Å². The largest absolute Gasteiger partial charge is 0.379 e. The fourth-order valence-electron chi connectivity index (χ4n) is 2.86. The molecule has 2 aromatic rings. The number of benzene rings is 1. The quantitative estimate of drug-likeness (QED) is 0.797. The molecule has 18 heavy (non-hydrogen) atoms. The van der Waals surface area contributed by atoms with Crippen LogP contribution in [-0.2, 0) is 10.3 Å². The van der Waals surface area contributed by atoms with Crippen LogP contribution in [0.4, 0.5) is 0 Å². The third-order valence-electron chi connectivity index (χ3n) is 3.79. The average molecular weight is 262 g/mol. The summed E-state index contributed by atoms with van der Waals surface area (Å²) in [6, 6.07) is 6.43. The van der Waals surface area contributed by atoms with Crippen LogP contribution in [0.5, 0.6) is 0 Å². The van der Waals surface area contributed by atoms with Crippen molar-refractivity contribution in [2.75, 3.05) is 13.2 Å². The molecule has 1 unspecified atom stereocenters. The van der Waals surface area contributed by atoms with E-state index in [4.69, 9.17) is 17.0 Å². The fraction of sp³-hybridized carbons (Fsp3) is 0.500. The zero-order chi connectivity index (χ0) is 12.8. The Hall–Kier alpha value is -1.13. The Bertz CT molecular complexity index is 635. The molecular weight excluding hydrogens is 244 g/mol. The number of ether oxygens (including phenoxy) is 1. The van der Waals surface area contributed by atoms with Gasteiger partial charge in [0.1, 0.15) is 0 Å². The van der Waals surface area contributed by atoms with Gasteiger partial charge < -0.3 is 14.3 Å². The summed E-state index contributed by atoms with van der Waals surface area (Å²) in [5.74, 6) is 0. The van der Waals surface area contributed by atoms with Crippen LogP contribution in [-0.4, -0.2) is 22.8 Å². The predicted molar refractivity (Wildman–Crippen MR) is 75.6 cm³/mol. The maximum atomic E-state index is 5.66. The highest BCUT2D eigenvalue weighted by Crippen LogP contribution is 2.31. The van der Waals surface area contributed by atoms with Gasteiger partial charge in [0.15, 0.2) is 4.77 Å². The maximum absolute atomic E-state index is 5.66. The molecule has 1 saturated heterocycles. The number of hydrogen-bond donors (Lipinski definition) is 1. The zero-order valence-electron chi connectivity index (χ0n) is 10.8. The summed E-state index contributed by atoms with van der Waals surface area (Å²) < 4.78 is 8.68. The van der Waals surface area contributed by atoms with Crippen molar-refractivity contribution in [3.8, 4) is 0 Å². The van der Waals surface area contributed by atoms with Crippen molar-refractivity contribution < 1.29 is 4.74 Å². The lowest BCUT2D eigenvalue weighted by Gasteiger charge is -2.35. The topological polar surface area (TPSA) is 29.9 Å². The molecule has 0 radical (unpaired) electrons. The molecule has 1 aliphatic heterocycles. The van der Waals surface area contributed by atoms with E-state index in [0.29, 0.717) is 0 Å². The first-order valence-corrected chi connectivity index (χ1v) is 6.81. The molecule has 1 atom stereocenters. The van der Waals surface area contributed by atoms with Crippen molar-refractivity contribution in [2.24, 2.45) is 0 Å². The fourth-order valence-corrected chi connectivity index (χ4v) is 3.29. The van der Waals surface area contributed by atoms with E-state index in [0.717, 1.165) is 36.3 Å². The van der Waals surface area contributed by atoms with Crippen molar-refractivity contribution in [3.63, 3.8) is 0 Å². The zero-order valence-corrected chi connectivity index (χ0v) is 11.6. The van der Waals surface area contributed by atoms with Gasteiger partial charge in [0.2, 0.25) is 0 Å². The molecule has 1 aliphatic rings. The summed E-state index contributed by atoms with van der Waals surface area (Å²) in [6.45, 7) is 5.93. The highest BCUT2D eigenvalue weighted by atomic mass is 32.1. The molecule has 2 heterocycles. The minimum atomic E-state index is -0.0250. The standard InChI is InChI=1S/C14H18N2OS/c1-10-4-5-12-11(8-10)15-13(18)16(12)14(2)6-3-7-17-9-14/h4-5,8H,3,6-7,9H2,1-2H3,(H,15,18). The lowest BCUT2D eigenvalue weighted by atomic mass is 9.94. The van der Waals surface area contributed by atoms with Crippen molar-refractivity contribution in [1.82, 2.24) is 9.55 Å². The number of aromatic amines is 1. The molecule has 4 heteroatoms. The first-order chi connectivity index (χ1) is 8.60. The Balaban J connectivity index is 2.22. The Labute approximate surface area is 112 Å². The summed E-state index contributed by atoms with van der Waals surface area (Å²) in [6.07, 6.45) is 2.21. The molecule has 0 bridgehead atoms. The number of nitrogens with one attached hydrogen (secondary N) is 1. The van der Waals surface area contributed by atoms with Gasteiger partial charge >= 0.3 is 0 Å². The smallest absolute Gasteiger partial charge is 0.178 e. The molecular formula is C14H18N2OS. The Morgan fingerprint density at radius 2 is 2.28 bits per heavy atom. The van der Waals surface area contributed by atoms with Crippen LogP contribution in [0.3, 0.4) is 0 Å². The normalized spacial score (nSPS) is 24.6. The average Bonchev–Trinajstić information content (AvgIpc) is 2.65. The molecule has 0 spiro atoms. The van der Waals surface area contributed by atoms with Crippen LogP contribution < -0.4 is 0 Å². The Morgan fingerprint density at radius 3 is 3.00 bits per heavy atom. The summed E-state index contributed by atoms with van der Waals surface area (Å²) in [5, 5.41) is 0. The second kappa shape index (κ2) is 4.21. The van der Waals surface area contributed by atoms with E-state index in [-0.39, 0.29) is 5.54 Å². The molecule has 0 aliphatic carbocycles. The van der Waals surface area contributed by atoms with E-state index in [9.17, 15) is 0 Å². The van der Waals surface area contributed by atoms with Crippen LogP contribution in [0.25, 0.3) is 11.0 Å². The molecule has 0 saturated carbocycles. The second-order valence-electron chi connectivity index (χ2n) is 5.44. The van der Waals surface area contributed by atoms with E-state index in [1.54, 1.807) is 0 Å². The van der Waals surface area contributed by atoms with Crippen LogP contribution >= 0.6 is 12.2 Å². The van der Waals surface area contributed by atoms with Gasteiger partial charge in [-0.15, -0.1) is 0 Å². The third kappa shape index (κ3) is 1.80. The Kier molecular flexibility index (Phi) is 2.79. The molecule has 3 nitrogen and oxygen atoms in total. The van der Waals surface area contributed by atoms with Crippen LogP contribution in [0, 0.1) is 11.7 Å². The summed E-state index contributed by atoms with van der Waals surface area (Å²) in [5.41, 5.74) is 3.52. The molecule has 1 aromatic heterocycles. The summed E-state index contributed by atoms with van der Waals surface area (Å²) >= 11 is 5.50. The predicted octanol–water partition coefficient (Wildman–Crippen LogP) is 3.53. The van der Waals surface area contributed by atoms with E-state index < -0.39 is 0 Å². The molecule has 1 N–H and O–H groups in total. The number of H-pyrrole nitrogens is 1. The van der Waals surface area contributed by atoms with Gasteiger partial charge in [-0.2, -0.15) is 0 Å². The van der Waals surface area contributed by atoms with Gasteiger partial charge in [0.05, 0.1) is 23.2 Å². The first kappa shape index (κ1) is 11.9. The summed E-state index contributed by atoms with van der Waals surface area (Å²) in [7, 11) is 0. The summed E-state index contributed by atoms with van der Waals surface area (Å²) in [4.78, 5) is 3.31. The van der Waals surface area contributed by atoms with E-state index in [1.165, 1.54) is 11.1 Å². The minimum Gasteiger partial charge on any atom is -0.379 e. The number of nitrogens with zero attached hydrogens (tertiary/aromatic N) is 1. The number of imidazole rings is 1. The number of aromatic nitrogens is 2. The van der Waals surface area contributed by atoms with Crippen molar-refractivity contribution >= 4 is 23.3 Å². The SMILES string of the molecule is Cc1ccc2c(c1)[nH]c(=S)n2C1(C)CCCOC1. The van der Waals surface area contributed by atoms with Crippen molar-refractivity contribution in [1.29, 1.82) is 0 Å². The van der Waals surface area contributed by atoms with Crippen molar-refractivity contribution in [3.05, 3.63) is 28.5 Å². The highest BCUT2D eigenvalue weighted by Gasteiger charge is 2.31. The lowest BCUT2D eigenvalue weighted by Crippen LogP contribution is -2.39. The molecule has 1 fully saturated rings. The van der Waals surface area contributed by atoms with Gasteiger partial charge in [-0.25, -0.2) is 0 Å². The van der Waals surface area contributed by atoms with Crippen LogP contribution in [0.15, 0.2) is 18.2 Å². The maximum Gasteiger partial charge on any atom is 0.178 e. The van der Waals surface area contributed by atoms with Gasteiger partial charge in [-0.3, -0.25) is 0 Å². The van der Waals surface area contributed by atoms with Crippen molar-refractivity contribution in [2.45, 2.75) is 32.2 Å². The van der Waals surface area contributed by atoms with E-state index in [1.807, 2.05) is 0 Å². The van der Waals surface area contributed by atoms with Crippen LogP contribution in [0.1, 0.15) is 25.3 Å². The minimum absolute atomic E-state index is 0.0250. The highest BCUT2D eigenvalue weighted by molar-refractivity contribution is 7.71. The monoisotopic (exact) mass is 262 g/mol. The second-order valence-corrected chi connectivity index (χ2v) is 5.83. The third-order valence-corrected chi connectivity index (χ3v) is 4.08. The molecule has 3 rings (SSSR count). The van der Waals surface area contributed by atoms with Gasteiger partial charge in [-0.05, 0) is 56.6 Å². The molecule has 96 valence electrons.